The van der Waals surface area contributed by atoms with Crippen molar-refractivity contribution in [2.24, 2.45) is 5.41 Å². The average Bonchev–Trinajstić information content (AvgIpc) is 2.75. The first-order chi connectivity index (χ1) is 11.8. The second kappa shape index (κ2) is 5.49. The van der Waals surface area contributed by atoms with E-state index in [1.165, 1.54) is 12.1 Å². The van der Waals surface area contributed by atoms with Crippen LogP contribution in [0.1, 0.15) is 39.7 Å². The van der Waals surface area contributed by atoms with E-state index in [1.54, 1.807) is 6.92 Å². The lowest BCUT2D eigenvalue weighted by molar-refractivity contribution is 0.349. The van der Waals surface area contributed by atoms with Crippen molar-refractivity contribution in [3.05, 3.63) is 41.1 Å². The summed E-state index contributed by atoms with van der Waals surface area (Å²) >= 11 is 0. The molecule has 1 aliphatic carbocycles. The molecule has 7 nitrogen and oxygen atoms in total. The third kappa shape index (κ3) is 2.49. The standard InChI is InChI=1S/C17H21NO6S2/c1-5-18(26(22,23)24)15-9-12(25(19,20)21)6-7-13(15)14-8-11(2)17(3,4)10-16(14)18/h6-9H,5,10H2,1-4H3,(H-,19,20,21,22,23,24). The minimum Gasteiger partial charge on any atom is -0.701 e. The highest BCUT2D eigenvalue weighted by molar-refractivity contribution is 7.86. The van der Waals surface area contributed by atoms with Crippen LogP contribution in [0.25, 0.3) is 5.57 Å². The lowest BCUT2D eigenvalue weighted by Crippen LogP contribution is -2.52. The summed E-state index contributed by atoms with van der Waals surface area (Å²) in [4.78, 5) is -0.435. The number of hydrogen-bond acceptors (Lipinski definition) is 5. The SMILES string of the molecule is CC[N+]1(S(=O)(=O)[O-])C2=C(C=C(C)C(C)(C)C2)c2ccc(S(=O)(=O)O)cc21. The third-order valence-electron chi connectivity index (χ3n) is 5.56. The molecule has 1 N–H and O–H groups in total. The van der Waals surface area contributed by atoms with Crippen molar-refractivity contribution >= 4 is 31.7 Å². The normalized spacial score (nSPS) is 24.9. The van der Waals surface area contributed by atoms with Gasteiger partial charge in [-0.1, -0.05) is 19.4 Å². The molecule has 0 saturated heterocycles. The van der Waals surface area contributed by atoms with Crippen molar-refractivity contribution < 1.29 is 25.9 Å². The van der Waals surface area contributed by atoms with E-state index in [1.807, 2.05) is 26.8 Å². The molecule has 1 aliphatic heterocycles. The van der Waals surface area contributed by atoms with Gasteiger partial charge < -0.3 is 4.55 Å². The van der Waals surface area contributed by atoms with Crippen LogP contribution in [0.3, 0.4) is 0 Å². The number of nitrogens with zero attached hydrogens (tertiary/aromatic N) is 1. The molecule has 0 aromatic heterocycles. The predicted octanol–water partition coefficient (Wildman–Crippen LogP) is 2.82. The molecule has 0 saturated carbocycles. The Labute approximate surface area is 153 Å². The third-order valence-corrected chi connectivity index (χ3v) is 7.85. The number of rotatable bonds is 3. The van der Waals surface area contributed by atoms with Crippen molar-refractivity contribution in [2.45, 2.75) is 39.0 Å². The number of benzene rings is 1. The fraction of sp³-hybridized carbons (Fsp3) is 0.412. The molecule has 0 bridgehead atoms. The Morgan fingerprint density at radius 3 is 2.35 bits per heavy atom. The van der Waals surface area contributed by atoms with Crippen molar-refractivity contribution in [1.82, 2.24) is 3.89 Å². The molecule has 0 spiro atoms. The van der Waals surface area contributed by atoms with Crippen molar-refractivity contribution in [2.75, 3.05) is 6.54 Å². The highest BCUT2D eigenvalue weighted by atomic mass is 32.2. The smallest absolute Gasteiger partial charge is 0.294 e. The maximum absolute atomic E-state index is 12.4. The second-order valence-electron chi connectivity index (χ2n) is 7.39. The lowest BCUT2D eigenvalue weighted by atomic mass is 9.75. The van der Waals surface area contributed by atoms with Crippen LogP contribution in [0.2, 0.25) is 0 Å². The first kappa shape index (κ1) is 19.2. The molecular weight excluding hydrogens is 378 g/mol. The summed E-state index contributed by atoms with van der Waals surface area (Å²) in [5.41, 5.74) is 2.37. The molecule has 1 unspecified atom stereocenters. The Balaban J connectivity index is 2.44. The Bertz CT molecular complexity index is 1080. The summed E-state index contributed by atoms with van der Waals surface area (Å²) < 4.78 is 68.7. The highest BCUT2D eigenvalue weighted by Gasteiger charge is 2.53. The van der Waals surface area contributed by atoms with Crippen LogP contribution in [-0.4, -0.2) is 32.5 Å². The van der Waals surface area contributed by atoms with Gasteiger partial charge in [-0.25, -0.2) is 0 Å². The molecule has 1 aromatic rings. The van der Waals surface area contributed by atoms with Crippen molar-refractivity contribution in [3.8, 4) is 0 Å². The van der Waals surface area contributed by atoms with Gasteiger partial charge in [-0.2, -0.15) is 20.7 Å². The zero-order valence-corrected chi connectivity index (χ0v) is 16.6. The van der Waals surface area contributed by atoms with Crippen LogP contribution in [0.4, 0.5) is 5.69 Å². The van der Waals surface area contributed by atoms with Crippen LogP contribution in [-0.2, 0) is 20.4 Å². The van der Waals surface area contributed by atoms with Crippen LogP contribution in [0.5, 0.6) is 0 Å². The maximum atomic E-state index is 12.4. The molecule has 1 atom stereocenters. The number of hydrogen-bond donors (Lipinski definition) is 1. The molecule has 1 heterocycles. The molecule has 142 valence electrons. The largest absolute Gasteiger partial charge is 0.701 e. The fourth-order valence-electron chi connectivity index (χ4n) is 3.82. The monoisotopic (exact) mass is 399 g/mol. The zero-order valence-electron chi connectivity index (χ0n) is 15.0. The summed E-state index contributed by atoms with van der Waals surface area (Å²) in [6, 6.07) is 3.77. The van der Waals surface area contributed by atoms with Crippen molar-refractivity contribution in [3.63, 3.8) is 0 Å². The van der Waals surface area contributed by atoms with Gasteiger partial charge in [0.2, 0.25) is 0 Å². The Kier molecular flexibility index (Phi) is 4.07. The lowest BCUT2D eigenvalue weighted by Gasteiger charge is -2.40. The fourth-order valence-corrected chi connectivity index (χ4v) is 5.46. The Hall–Kier alpha value is -1.52. The molecule has 9 heteroatoms. The summed E-state index contributed by atoms with van der Waals surface area (Å²) in [6.45, 7) is 7.39. The maximum Gasteiger partial charge on any atom is 0.294 e. The summed E-state index contributed by atoms with van der Waals surface area (Å²) in [5, 5.41) is 0. The number of fused-ring (bicyclic) bond motifs is 2. The van der Waals surface area contributed by atoms with Gasteiger partial charge in [0.15, 0.2) is 5.69 Å². The minimum atomic E-state index is -4.90. The first-order valence-electron chi connectivity index (χ1n) is 8.15. The number of quaternary nitrogens is 1. The van der Waals surface area contributed by atoms with E-state index < -0.39 is 29.2 Å². The predicted molar refractivity (Wildman–Crippen MR) is 97.4 cm³/mol. The molecule has 26 heavy (non-hydrogen) atoms. The summed E-state index contributed by atoms with van der Waals surface area (Å²) in [7, 11) is -9.44. The van der Waals surface area contributed by atoms with Crippen LogP contribution in [0.15, 0.2) is 40.4 Å². The molecule has 1 aromatic carbocycles. The first-order valence-corrected chi connectivity index (χ1v) is 11.0. The zero-order chi connectivity index (χ0) is 19.7. The van der Waals surface area contributed by atoms with Gasteiger partial charge >= 0.3 is 0 Å². The van der Waals surface area contributed by atoms with E-state index in [-0.39, 0.29) is 17.6 Å². The van der Waals surface area contributed by atoms with Crippen molar-refractivity contribution in [1.29, 1.82) is 0 Å². The molecule has 3 rings (SSSR count). The van der Waals surface area contributed by atoms with Gasteiger partial charge in [-0.3, -0.25) is 4.55 Å². The summed E-state index contributed by atoms with van der Waals surface area (Å²) in [5.74, 6) is 0. The van der Waals surface area contributed by atoms with E-state index in [4.69, 9.17) is 0 Å². The molecule has 0 fully saturated rings. The number of allylic oxidation sites excluding steroid dienone is 4. The van der Waals surface area contributed by atoms with E-state index >= 15 is 0 Å². The van der Waals surface area contributed by atoms with E-state index in [0.29, 0.717) is 23.3 Å². The quantitative estimate of drug-likeness (QED) is 0.618. The highest BCUT2D eigenvalue weighted by Crippen LogP contribution is 2.55. The van der Waals surface area contributed by atoms with Gasteiger partial charge in [-0.05, 0) is 37.5 Å². The molecule has 0 amide bonds. The molecular formula is C17H21NO6S2. The second-order valence-corrected chi connectivity index (χ2v) is 10.3. The summed E-state index contributed by atoms with van der Waals surface area (Å²) in [6.07, 6.45) is 2.22. The average molecular weight is 399 g/mol. The van der Waals surface area contributed by atoms with Crippen LogP contribution in [0, 0.1) is 5.41 Å². The Morgan fingerprint density at radius 1 is 1.23 bits per heavy atom. The Morgan fingerprint density at radius 2 is 1.85 bits per heavy atom. The van der Waals surface area contributed by atoms with E-state index in [2.05, 4.69) is 0 Å². The van der Waals surface area contributed by atoms with Gasteiger partial charge in [0.1, 0.15) is 5.70 Å². The van der Waals surface area contributed by atoms with Gasteiger partial charge in [0, 0.05) is 18.1 Å². The van der Waals surface area contributed by atoms with E-state index in [0.717, 1.165) is 11.6 Å². The van der Waals surface area contributed by atoms with Crippen LogP contribution < -0.4 is 3.89 Å². The topological polar surface area (TPSA) is 112 Å². The van der Waals surface area contributed by atoms with Crippen LogP contribution >= 0.6 is 0 Å². The van der Waals surface area contributed by atoms with Gasteiger partial charge in [-0.15, -0.1) is 0 Å². The van der Waals surface area contributed by atoms with Gasteiger partial charge in [0.25, 0.3) is 20.4 Å². The molecule has 2 aliphatic rings. The van der Waals surface area contributed by atoms with E-state index in [9.17, 15) is 25.9 Å². The minimum absolute atomic E-state index is 0.0735. The van der Waals surface area contributed by atoms with Gasteiger partial charge in [0.05, 0.1) is 17.0 Å². The molecule has 0 radical (unpaired) electrons.